The van der Waals surface area contributed by atoms with Gasteiger partial charge in [0.15, 0.2) is 0 Å². The Morgan fingerprint density at radius 3 is 2.38 bits per heavy atom. The third-order valence-electron chi connectivity index (χ3n) is 5.38. The van der Waals surface area contributed by atoms with E-state index in [-0.39, 0.29) is 11.6 Å². The van der Waals surface area contributed by atoms with Gasteiger partial charge in [-0.2, -0.15) is 0 Å². The molecule has 7 nitrogen and oxygen atoms in total. The Kier molecular flexibility index (Phi) is 9.66. The molecular formula is C30H25BrN4O3S. The third-order valence-corrected chi connectivity index (χ3v) is 6.97. The molecule has 9 heteroatoms. The highest BCUT2D eigenvalue weighted by Crippen LogP contribution is 2.27. The lowest BCUT2D eigenvalue weighted by atomic mass is 10.1. The van der Waals surface area contributed by atoms with Gasteiger partial charge >= 0.3 is 0 Å². The molecule has 0 aliphatic heterocycles. The lowest BCUT2D eigenvalue weighted by Gasteiger charge is -2.14. The molecule has 0 bridgehead atoms. The van der Waals surface area contributed by atoms with Crippen LogP contribution in [0.2, 0.25) is 0 Å². The van der Waals surface area contributed by atoms with Crippen LogP contribution < -0.4 is 16.0 Å². The van der Waals surface area contributed by atoms with E-state index >= 15 is 0 Å². The highest BCUT2D eigenvalue weighted by molar-refractivity contribution is 9.10. The largest absolute Gasteiger partial charge is 0.321 e. The Balaban J connectivity index is 1.48. The molecule has 1 heterocycles. The lowest BCUT2D eigenvalue weighted by molar-refractivity contribution is -0.115. The summed E-state index contributed by atoms with van der Waals surface area (Å²) >= 11 is 4.79. The summed E-state index contributed by atoms with van der Waals surface area (Å²) in [6, 6.07) is 28.6. The van der Waals surface area contributed by atoms with E-state index < -0.39 is 17.1 Å². The van der Waals surface area contributed by atoms with E-state index in [0.717, 1.165) is 14.9 Å². The smallest absolute Gasteiger partial charge is 0.272 e. The van der Waals surface area contributed by atoms with Gasteiger partial charge in [-0.15, -0.1) is 11.8 Å². The third kappa shape index (κ3) is 8.39. The van der Waals surface area contributed by atoms with Crippen molar-refractivity contribution in [2.45, 2.75) is 17.1 Å². The summed E-state index contributed by atoms with van der Waals surface area (Å²) in [7, 11) is 0. The molecule has 0 spiro atoms. The van der Waals surface area contributed by atoms with Crippen molar-refractivity contribution in [3.8, 4) is 0 Å². The number of halogens is 1. The van der Waals surface area contributed by atoms with Gasteiger partial charge in [-0.25, -0.2) is 4.98 Å². The average molecular weight is 602 g/mol. The van der Waals surface area contributed by atoms with Gasteiger partial charge in [0.25, 0.3) is 11.8 Å². The zero-order valence-corrected chi connectivity index (χ0v) is 23.3. The molecule has 1 unspecified atom stereocenters. The second-order valence-electron chi connectivity index (χ2n) is 8.38. The van der Waals surface area contributed by atoms with Crippen molar-refractivity contribution in [2.75, 3.05) is 10.6 Å². The summed E-state index contributed by atoms with van der Waals surface area (Å²) in [4.78, 5) is 43.7. The van der Waals surface area contributed by atoms with E-state index in [1.165, 1.54) is 11.8 Å². The van der Waals surface area contributed by atoms with Crippen LogP contribution in [0.3, 0.4) is 0 Å². The normalized spacial score (nSPS) is 11.8. The Hall–Kier alpha value is -4.21. The van der Waals surface area contributed by atoms with E-state index in [1.807, 2.05) is 36.4 Å². The van der Waals surface area contributed by atoms with E-state index in [2.05, 4.69) is 36.9 Å². The highest BCUT2D eigenvalue weighted by atomic mass is 79.9. The molecule has 3 amide bonds. The fourth-order valence-corrected chi connectivity index (χ4v) is 4.82. The molecule has 4 rings (SSSR count). The van der Waals surface area contributed by atoms with Crippen molar-refractivity contribution >= 4 is 63.0 Å². The van der Waals surface area contributed by atoms with Crippen molar-refractivity contribution < 1.29 is 14.4 Å². The summed E-state index contributed by atoms with van der Waals surface area (Å²) < 4.78 is 0.844. The molecule has 0 saturated carbocycles. The first-order valence-electron chi connectivity index (χ1n) is 12.0. The van der Waals surface area contributed by atoms with Crippen LogP contribution in [0.4, 0.5) is 11.5 Å². The molecule has 0 saturated heterocycles. The van der Waals surface area contributed by atoms with Gasteiger partial charge in [-0.3, -0.25) is 14.4 Å². The van der Waals surface area contributed by atoms with Crippen molar-refractivity contribution in [3.63, 3.8) is 0 Å². The van der Waals surface area contributed by atoms with Gasteiger partial charge < -0.3 is 16.0 Å². The maximum absolute atomic E-state index is 13.3. The molecule has 3 N–H and O–H groups in total. The molecule has 0 aliphatic rings. The number of nitrogens with one attached hydrogen (secondary N) is 3. The van der Waals surface area contributed by atoms with E-state index in [4.69, 9.17) is 0 Å². The van der Waals surface area contributed by atoms with Crippen molar-refractivity contribution in [1.82, 2.24) is 10.3 Å². The van der Waals surface area contributed by atoms with Crippen LogP contribution in [0.1, 0.15) is 22.8 Å². The van der Waals surface area contributed by atoms with Gasteiger partial charge in [0, 0.05) is 26.8 Å². The van der Waals surface area contributed by atoms with E-state index in [1.54, 1.807) is 79.9 Å². The lowest BCUT2D eigenvalue weighted by Crippen LogP contribution is -2.30. The summed E-state index contributed by atoms with van der Waals surface area (Å²) in [5.74, 6) is -0.583. The average Bonchev–Trinajstić information content (AvgIpc) is 2.94. The number of rotatable bonds is 9. The number of pyridine rings is 1. The number of carbonyl (C=O) groups excluding carboxylic acids is 3. The number of hydrogen-bond acceptors (Lipinski definition) is 5. The number of nitrogens with zero attached hydrogens (tertiary/aromatic N) is 1. The van der Waals surface area contributed by atoms with Crippen LogP contribution in [0.15, 0.2) is 118 Å². The number of benzene rings is 3. The summed E-state index contributed by atoms with van der Waals surface area (Å²) in [5, 5.41) is 7.98. The number of aromatic nitrogens is 1. The second-order valence-corrected chi connectivity index (χ2v) is 10.7. The molecule has 1 atom stereocenters. The fourth-order valence-electron chi connectivity index (χ4n) is 3.47. The van der Waals surface area contributed by atoms with Crippen molar-refractivity contribution in [1.29, 1.82) is 0 Å². The van der Waals surface area contributed by atoms with Crippen LogP contribution in [0, 0.1) is 0 Å². The minimum Gasteiger partial charge on any atom is -0.321 e. The van der Waals surface area contributed by atoms with Crippen LogP contribution in [0.5, 0.6) is 0 Å². The Morgan fingerprint density at radius 1 is 0.872 bits per heavy atom. The standard InChI is InChI=1S/C30H25BrN4O3S/c1-20(28(36)35-27-15-5-6-16-32-27)39-25-14-8-13-24(19-25)33-30(38)26(18-21-9-7-12-23(31)17-21)34-29(37)22-10-3-2-4-11-22/h2-20H,1H3,(H,33,38)(H,34,37)(H,32,35,36)/b26-18+. The zero-order chi connectivity index (χ0) is 27.6. The van der Waals surface area contributed by atoms with Crippen molar-refractivity contribution in [3.05, 3.63) is 125 Å². The zero-order valence-electron chi connectivity index (χ0n) is 20.9. The quantitative estimate of drug-likeness (QED) is 0.153. The van der Waals surface area contributed by atoms with Crippen molar-refractivity contribution in [2.24, 2.45) is 0 Å². The summed E-state index contributed by atoms with van der Waals surface area (Å²) in [5.41, 5.74) is 1.78. The Morgan fingerprint density at radius 2 is 1.64 bits per heavy atom. The molecule has 4 aromatic rings. The van der Waals surface area contributed by atoms with Crippen LogP contribution in [0.25, 0.3) is 6.08 Å². The summed E-state index contributed by atoms with van der Waals surface area (Å²) in [6.45, 7) is 1.80. The van der Waals surface area contributed by atoms with Gasteiger partial charge in [0.1, 0.15) is 11.5 Å². The van der Waals surface area contributed by atoms with E-state index in [0.29, 0.717) is 17.1 Å². The number of anilines is 2. The maximum atomic E-state index is 13.3. The molecule has 0 aliphatic carbocycles. The van der Waals surface area contributed by atoms with Crippen LogP contribution in [-0.2, 0) is 9.59 Å². The highest BCUT2D eigenvalue weighted by Gasteiger charge is 2.17. The first-order chi connectivity index (χ1) is 18.9. The molecule has 0 radical (unpaired) electrons. The molecule has 39 heavy (non-hydrogen) atoms. The molecule has 196 valence electrons. The minimum absolute atomic E-state index is 0.0862. The van der Waals surface area contributed by atoms with Gasteiger partial charge in [0.05, 0.1) is 5.25 Å². The number of thioether (sulfide) groups is 1. The first-order valence-corrected chi connectivity index (χ1v) is 13.7. The van der Waals surface area contributed by atoms with Gasteiger partial charge in [-0.1, -0.05) is 58.4 Å². The molecular weight excluding hydrogens is 576 g/mol. The van der Waals surface area contributed by atoms with Gasteiger partial charge in [0.2, 0.25) is 5.91 Å². The number of amides is 3. The Labute approximate surface area is 239 Å². The monoisotopic (exact) mass is 600 g/mol. The van der Waals surface area contributed by atoms with Gasteiger partial charge in [-0.05, 0) is 73.2 Å². The molecule has 1 aromatic heterocycles. The topological polar surface area (TPSA) is 100 Å². The predicted octanol–water partition coefficient (Wildman–Crippen LogP) is 6.37. The van der Waals surface area contributed by atoms with Crippen LogP contribution >= 0.6 is 27.7 Å². The predicted molar refractivity (Wildman–Crippen MR) is 159 cm³/mol. The molecule has 0 fully saturated rings. The number of hydrogen-bond donors (Lipinski definition) is 3. The second kappa shape index (κ2) is 13.5. The van der Waals surface area contributed by atoms with Crippen LogP contribution in [-0.4, -0.2) is 28.0 Å². The summed E-state index contributed by atoms with van der Waals surface area (Å²) in [6.07, 6.45) is 3.23. The number of carbonyl (C=O) groups is 3. The maximum Gasteiger partial charge on any atom is 0.272 e. The minimum atomic E-state index is -0.484. The molecule has 3 aromatic carbocycles. The fraction of sp³-hybridized carbons (Fsp3) is 0.0667. The Bertz CT molecular complexity index is 1500. The first kappa shape index (κ1) is 27.8. The SMILES string of the molecule is CC(Sc1cccc(NC(=O)/C(=C\c2cccc(Br)c2)NC(=O)c2ccccc2)c1)C(=O)Nc1ccccn1. The van der Waals surface area contributed by atoms with E-state index in [9.17, 15) is 14.4 Å².